The smallest absolute Gasteiger partial charge is 0.257 e. The quantitative estimate of drug-likeness (QED) is 0.498. The monoisotopic (exact) mass is 514 g/mol. The van der Waals surface area contributed by atoms with Gasteiger partial charge in [0.15, 0.2) is 11.6 Å². The van der Waals surface area contributed by atoms with E-state index >= 15 is 0 Å². The lowest BCUT2D eigenvalue weighted by Crippen LogP contribution is -2.50. The summed E-state index contributed by atoms with van der Waals surface area (Å²) in [5.74, 6) is -2.12. The van der Waals surface area contributed by atoms with Gasteiger partial charge in [0.25, 0.3) is 5.91 Å². The number of benzene rings is 1. The highest BCUT2D eigenvalue weighted by molar-refractivity contribution is 6.07. The molecule has 0 saturated carbocycles. The predicted molar refractivity (Wildman–Crippen MR) is 138 cm³/mol. The number of ether oxygens (including phenoxy) is 1. The van der Waals surface area contributed by atoms with Crippen molar-refractivity contribution in [2.75, 3.05) is 70.7 Å². The summed E-state index contributed by atoms with van der Waals surface area (Å²) >= 11 is 0. The predicted octanol–water partition coefficient (Wildman–Crippen LogP) is 3.67. The molecule has 2 saturated heterocycles. The molecule has 8 nitrogen and oxygen atoms in total. The fourth-order valence-corrected chi connectivity index (χ4v) is 4.96. The lowest BCUT2D eigenvalue weighted by molar-refractivity contribution is -0.0390. The van der Waals surface area contributed by atoms with Crippen LogP contribution >= 0.6 is 0 Å². The Morgan fingerprint density at radius 1 is 1.11 bits per heavy atom. The van der Waals surface area contributed by atoms with E-state index in [0.29, 0.717) is 87.7 Å². The first-order valence-electron chi connectivity index (χ1n) is 13.0. The van der Waals surface area contributed by atoms with Gasteiger partial charge in [-0.15, -0.1) is 0 Å². The van der Waals surface area contributed by atoms with E-state index in [0.717, 1.165) is 25.2 Å². The maximum atomic E-state index is 14.3. The third-order valence-electron chi connectivity index (χ3n) is 7.67. The van der Waals surface area contributed by atoms with Gasteiger partial charge in [0.05, 0.1) is 28.3 Å². The van der Waals surface area contributed by atoms with Gasteiger partial charge >= 0.3 is 0 Å². The molecular weight excluding hydrogens is 478 g/mol. The normalized spacial score (nSPS) is 18.4. The number of rotatable bonds is 8. The Morgan fingerprint density at radius 3 is 2.38 bits per heavy atom. The minimum absolute atomic E-state index is 0.175. The van der Waals surface area contributed by atoms with Crippen LogP contribution in [0.1, 0.15) is 44.0 Å². The highest BCUT2D eigenvalue weighted by atomic mass is 19.2. The van der Waals surface area contributed by atoms with Crippen LogP contribution in [0, 0.1) is 28.4 Å². The van der Waals surface area contributed by atoms with Crippen LogP contribution in [0.15, 0.2) is 18.3 Å². The van der Waals surface area contributed by atoms with Crippen molar-refractivity contribution in [3.05, 3.63) is 35.5 Å². The van der Waals surface area contributed by atoms with Crippen LogP contribution in [0.3, 0.4) is 0 Å². The Kier molecular flexibility index (Phi) is 8.57. The van der Waals surface area contributed by atoms with E-state index in [1.807, 2.05) is 11.8 Å². The van der Waals surface area contributed by atoms with E-state index in [9.17, 15) is 18.8 Å². The van der Waals surface area contributed by atoms with Gasteiger partial charge in [0.1, 0.15) is 13.5 Å². The van der Waals surface area contributed by atoms with Crippen molar-refractivity contribution in [1.29, 1.82) is 5.26 Å². The number of pyridine rings is 1. The first kappa shape index (κ1) is 27.2. The second-order valence-electron chi connectivity index (χ2n) is 10.1. The molecule has 0 spiro atoms. The molecule has 2 fully saturated rings. The molecule has 200 valence electrons. The van der Waals surface area contributed by atoms with Gasteiger partial charge in [-0.2, -0.15) is 5.26 Å². The first-order chi connectivity index (χ1) is 17.8. The van der Waals surface area contributed by atoms with Crippen LogP contribution in [0.5, 0.6) is 0 Å². The number of anilines is 1. The molecule has 3 heterocycles. The second kappa shape index (κ2) is 11.7. The number of piperidine rings is 1. The molecule has 0 aliphatic carbocycles. The number of nitriles is 1. The maximum Gasteiger partial charge on any atom is 0.257 e. The minimum Gasteiger partial charge on any atom is -0.370 e. The molecule has 1 amide bonds. The average Bonchev–Trinajstić information content (AvgIpc) is 2.92. The number of nitrogens with zero attached hydrogens (tertiary/aromatic N) is 6. The number of carbonyl (C=O) groups is 1. The number of halogens is 2. The summed E-state index contributed by atoms with van der Waals surface area (Å²) in [4.78, 5) is 26.2. The third-order valence-corrected chi connectivity index (χ3v) is 7.67. The van der Waals surface area contributed by atoms with Crippen LogP contribution in [-0.2, 0) is 4.74 Å². The molecule has 0 bridgehead atoms. The van der Waals surface area contributed by atoms with Crippen LogP contribution in [0.25, 0.3) is 10.9 Å². The molecule has 2 aliphatic heterocycles. The molecular formula is C27H36F2N6O2. The molecule has 4 rings (SSSR count). The van der Waals surface area contributed by atoms with Crippen LogP contribution < -0.4 is 4.90 Å². The lowest BCUT2D eigenvalue weighted by Gasteiger charge is -2.39. The molecule has 2 aliphatic rings. The Labute approximate surface area is 217 Å². The zero-order valence-corrected chi connectivity index (χ0v) is 22.0. The number of hydrogen-bond donors (Lipinski definition) is 0. The number of fused-ring (bicyclic) bond motifs is 1. The van der Waals surface area contributed by atoms with Crippen molar-refractivity contribution < 1.29 is 18.3 Å². The number of hydrogen-bond acceptors (Lipinski definition) is 7. The molecule has 1 aromatic heterocycles. The van der Waals surface area contributed by atoms with Gasteiger partial charge in [-0.1, -0.05) is 13.8 Å². The summed E-state index contributed by atoms with van der Waals surface area (Å²) in [5.41, 5.74) is 0.809. The van der Waals surface area contributed by atoms with Crippen molar-refractivity contribution in [1.82, 2.24) is 19.7 Å². The van der Waals surface area contributed by atoms with Crippen LogP contribution in [0.2, 0.25) is 0 Å². The lowest BCUT2D eigenvalue weighted by atomic mass is 9.81. The Bertz CT molecular complexity index is 1150. The zero-order valence-electron chi connectivity index (χ0n) is 22.0. The van der Waals surface area contributed by atoms with Gasteiger partial charge in [-0.05, 0) is 38.9 Å². The minimum atomic E-state index is -0.975. The second-order valence-corrected chi connectivity index (χ2v) is 10.1. The van der Waals surface area contributed by atoms with Crippen LogP contribution in [0.4, 0.5) is 14.5 Å². The molecule has 10 heteroatoms. The molecule has 0 N–H and O–H groups in total. The van der Waals surface area contributed by atoms with Crippen molar-refractivity contribution in [3.63, 3.8) is 0 Å². The van der Waals surface area contributed by atoms with Gasteiger partial charge < -0.3 is 14.5 Å². The highest BCUT2D eigenvalue weighted by Gasteiger charge is 2.33. The van der Waals surface area contributed by atoms with Crippen molar-refractivity contribution >= 4 is 22.5 Å². The highest BCUT2D eigenvalue weighted by Crippen LogP contribution is 2.37. The molecule has 2 aromatic rings. The largest absolute Gasteiger partial charge is 0.370 e. The van der Waals surface area contributed by atoms with Gasteiger partial charge in [0.2, 0.25) is 0 Å². The zero-order chi connectivity index (χ0) is 26.6. The van der Waals surface area contributed by atoms with E-state index < -0.39 is 17.0 Å². The fraction of sp³-hybridized carbons (Fsp3) is 0.593. The summed E-state index contributed by atoms with van der Waals surface area (Å²) in [6.07, 6.45) is 2.72. The number of amides is 1. The fourth-order valence-electron chi connectivity index (χ4n) is 4.96. The number of carbonyl (C=O) groups excluding carboxylic acids is 1. The molecule has 0 atom stereocenters. The summed E-state index contributed by atoms with van der Waals surface area (Å²) in [6.45, 7) is 12.6. The van der Waals surface area contributed by atoms with Gasteiger partial charge in [-0.3, -0.25) is 19.6 Å². The standard InChI is InChI=1S/C27H36F2N6O2/c1-4-32(5-2)18-37-19-33-10-12-35(13-11-33)26(36)21-16-31-24-15-23(29)22(28)14-20(24)25(21)34-8-6-27(3,17-30)7-9-34/h14-16H,4-13,18-19H2,1-3H3. The summed E-state index contributed by atoms with van der Waals surface area (Å²) in [7, 11) is 0. The number of piperazine rings is 1. The van der Waals surface area contributed by atoms with Crippen LogP contribution in [-0.4, -0.2) is 91.4 Å². The van der Waals surface area contributed by atoms with E-state index in [1.54, 1.807) is 4.90 Å². The average molecular weight is 515 g/mol. The summed E-state index contributed by atoms with van der Waals surface area (Å²) < 4.78 is 34.1. The Morgan fingerprint density at radius 2 is 1.76 bits per heavy atom. The van der Waals surface area contributed by atoms with E-state index in [-0.39, 0.29) is 5.91 Å². The summed E-state index contributed by atoms with van der Waals surface area (Å²) in [5, 5.41) is 9.95. The molecule has 37 heavy (non-hydrogen) atoms. The van der Waals surface area contributed by atoms with E-state index in [1.165, 1.54) is 6.20 Å². The molecule has 0 unspecified atom stereocenters. The van der Waals surface area contributed by atoms with E-state index in [4.69, 9.17) is 4.74 Å². The first-order valence-corrected chi connectivity index (χ1v) is 13.0. The SMILES string of the molecule is CCN(CC)COCN1CCN(C(=O)c2cnc3cc(F)c(F)cc3c2N2CCC(C)(C#N)CC2)CC1. The van der Waals surface area contributed by atoms with E-state index in [2.05, 4.69) is 34.7 Å². The molecule has 1 aromatic carbocycles. The molecule has 0 radical (unpaired) electrons. The Balaban J connectivity index is 1.53. The summed E-state index contributed by atoms with van der Waals surface area (Å²) in [6, 6.07) is 4.59. The van der Waals surface area contributed by atoms with Crippen molar-refractivity contribution in [3.8, 4) is 6.07 Å². The van der Waals surface area contributed by atoms with Gasteiger partial charge in [0, 0.05) is 56.9 Å². The Hall–Kier alpha value is -2.87. The van der Waals surface area contributed by atoms with Crippen molar-refractivity contribution in [2.45, 2.75) is 33.6 Å². The third kappa shape index (κ3) is 6.00. The van der Waals surface area contributed by atoms with Crippen molar-refractivity contribution in [2.24, 2.45) is 5.41 Å². The topological polar surface area (TPSA) is 75.9 Å². The number of aromatic nitrogens is 1. The maximum absolute atomic E-state index is 14.3. The van der Waals surface area contributed by atoms with Gasteiger partial charge in [-0.25, -0.2) is 8.78 Å².